The van der Waals surface area contributed by atoms with E-state index in [2.05, 4.69) is 15.2 Å². The maximum Gasteiger partial charge on any atom is 0.325 e. The molecule has 0 radical (unpaired) electrons. The minimum Gasteiger partial charge on any atom is -0.462 e. The average molecular weight is 444 g/mol. The number of furan rings is 1. The number of hydrogen-bond acceptors (Lipinski definition) is 7. The van der Waals surface area contributed by atoms with Crippen molar-refractivity contribution < 1.29 is 18.8 Å². The Labute approximate surface area is 184 Å². The summed E-state index contributed by atoms with van der Waals surface area (Å²) >= 11 is 1.55. The molecule has 4 heterocycles. The number of imide groups is 1. The van der Waals surface area contributed by atoms with Gasteiger partial charge in [-0.3, -0.25) is 19.4 Å². The predicted molar refractivity (Wildman–Crippen MR) is 113 cm³/mol. The normalized spacial score (nSPS) is 24.7. The molecule has 2 aromatic rings. The van der Waals surface area contributed by atoms with Gasteiger partial charge in [-0.1, -0.05) is 0 Å². The van der Waals surface area contributed by atoms with Crippen LogP contribution in [0.15, 0.2) is 28.2 Å². The van der Waals surface area contributed by atoms with E-state index in [9.17, 15) is 14.4 Å². The number of thiazole rings is 1. The number of carbonyl (C=O) groups is 3. The summed E-state index contributed by atoms with van der Waals surface area (Å²) in [5.74, 6) is 0.497. The number of hydrogen-bond donors (Lipinski definition) is 1. The third kappa shape index (κ3) is 3.85. The fraction of sp³-hybridized carbons (Fsp3) is 0.524. The maximum absolute atomic E-state index is 12.8. The van der Waals surface area contributed by atoms with Crippen LogP contribution >= 0.6 is 11.3 Å². The van der Waals surface area contributed by atoms with Gasteiger partial charge in [-0.25, -0.2) is 9.78 Å². The van der Waals surface area contributed by atoms with E-state index in [1.54, 1.807) is 29.4 Å². The largest absolute Gasteiger partial charge is 0.462 e. The van der Waals surface area contributed by atoms with Crippen LogP contribution in [0.25, 0.3) is 10.8 Å². The van der Waals surface area contributed by atoms with Crippen molar-refractivity contribution in [2.75, 3.05) is 32.7 Å². The molecule has 0 aromatic carbocycles. The van der Waals surface area contributed by atoms with Crippen LogP contribution in [0, 0.1) is 5.92 Å². The van der Waals surface area contributed by atoms with Crippen molar-refractivity contribution in [3.05, 3.63) is 29.5 Å². The van der Waals surface area contributed by atoms with E-state index in [1.807, 2.05) is 17.5 Å². The minimum atomic E-state index is -0.849. The smallest absolute Gasteiger partial charge is 0.325 e. The van der Waals surface area contributed by atoms with Gasteiger partial charge in [-0.15, -0.1) is 11.3 Å². The highest BCUT2D eigenvalue weighted by Gasteiger charge is 2.56. The van der Waals surface area contributed by atoms with Gasteiger partial charge < -0.3 is 14.6 Å². The molecular weight excluding hydrogens is 418 g/mol. The van der Waals surface area contributed by atoms with Crippen LogP contribution in [-0.4, -0.2) is 75.8 Å². The topological polar surface area (TPSA) is 99.0 Å². The van der Waals surface area contributed by atoms with Gasteiger partial charge >= 0.3 is 6.03 Å². The Morgan fingerprint density at radius 3 is 2.74 bits per heavy atom. The highest BCUT2D eigenvalue weighted by atomic mass is 32.1. The van der Waals surface area contributed by atoms with Gasteiger partial charge in [0.15, 0.2) is 10.8 Å². The van der Waals surface area contributed by atoms with Gasteiger partial charge in [0.1, 0.15) is 12.1 Å². The molecule has 4 amide bonds. The van der Waals surface area contributed by atoms with Crippen molar-refractivity contribution >= 4 is 29.2 Å². The Morgan fingerprint density at radius 1 is 1.29 bits per heavy atom. The first-order valence-corrected chi connectivity index (χ1v) is 11.4. The molecule has 1 aliphatic carbocycles. The number of amides is 4. The van der Waals surface area contributed by atoms with E-state index in [1.165, 1.54) is 0 Å². The van der Waals surface area contributed by atoms with Crippen LogP contribution < -0.4 is 5.32 Å². The van der Waals surface area contributed by atoms with E-state index >= 15 is 0 Å². The molecule has 31 heavy (non-hydrogen) atoms. The van der Waals surface area contributed by atoms with E-state index in [0.29, 0.717) is 19.6 Å². The molecule has 1 unspecified atom stereocenters. The van der Waals surface area contributed by atoms with E-state index in [-0.39, 0.29) is 24.3 Å². The van der Waals surface area contributed by atoms with Gasteiger partial charge in [-0.2, -0.15) is 0 Å². The van der Waals surface area contributed by atoms with Crippen molar-refractivity contribution in [2.24, 2.45) is 5.92 Å². The molecule has 164 valence electrons. The quantitative estimate of drug-likeness (QED) is 0.683. The standard InChI is InChI=1S/C21H25N5O4S/c1-21(14-4-5-14)19(28)26(20(29)23-21)12-17(27)25-8-6-24(7-9-25)11-15-13-31-18(22-15)16-3-2-10-30-16/h2-3,10,13-14H,4-9,11-12H2,1H3,(H,23,29). The maximum atomic E-state index is 12.8. The summed E-state index contributed by atoms with van der Waals surface area (Å²) in [6.45, 7) is 4.87. The highest BCUT2D eigenvalue weighted by Crippen LogP contribution is 2.42. The lowest BCUT2D eigenvalue weighted by atomic mass is 9.96. The Kier molecular flexibility index (Phi) is 5.05. The number of piperazine rings is 1. The van der Waals surface area contributed by atoms with Gasteiger partial charge in [0.05, 0.1) is 12.0 Å². The van der Waals surface area contributed by atoms with Crippen LogP contribution in [0.5, 0.6) is 0 Å². The second-order valence-electron chi connectivity index (χ2n) is 8.58. The summed E-state index contributed by atoms with van der Waals surface area (Å²) < 4.78 is 5.40. The van der Waals surface area contributed by atoms with E-state index in [0.717, 1.165) is 47.3 Å². The Morgan fingerprint density at radius 2 is 2.06 bits per heavy atom. The molecule has 3 aliphatic rings. The van der Waals surface area contributed by atoms with Crippen LogP contribution in [0.2, 0.25) is 0 Å². The Balaban J connectivity index is 1.12. The first-order valence-electron chi connectivity index (χ1n) is 10.6. The summed E-state index contributed by atoms with van der Waals surface area (Å²) in [7, 11) is 0. The first kappa shape index (κ1) is 20.2. The SMILES string of the molecule is CC1(C2CC2)NC(=O)N(CC(=O)N2CCN(Cc3csc(-c4ccco4)n3)CC2)C1=O. The lowest BCUT2D eigenvalue weighted by Crippen LogP contribution is -2.52. The summed E-state index contributed by atoms with van der Waals surface area (Å²) in [4.78, 5) is 47.5. The Bertz CT molecular complexity index is 993. The number of carbonyl (C=O) groups excluding carboxylic acids is 3. The fourth-order valence-corrected chi connectivity index (χ4v) is 5.09. The molecule has 3 fully saturated rings. The van der Waals surface area contributed by atoms with Crippen LogP contribution in [0.4, 0.5) is 4.79 Å². The molecule has 2 aromatic heterocycles. The lowest BCUT2D eigenvalue weighted by molar-refractivity contribution is -0.140. The van der Waals surface area contributed by atoms with Crippen LogP contribution in [0.3, 0.4) is 0 Å². The average Bonchev–Trinajstić information content (AvgIpc) is 3.20. The van der Waals surface area contributed by atoms with Crippen molar-refractivity contribution in [1.82, 2.24) is 25.0 Å². The summed E-state index contributed by atoms with van der Waals surface area (Å²) in [6, 6.07) is 3.28. The van der Waals surface area contributed by atoms with Crippen LogP contribution in [-0.2, 0) is 16.1 Å². The number of nitrogens with one attached hydrogen (secondary N) is 1. The van der Waals surface area contributed by atoms with E-state index in [4.69, 9.17) is 4.42 Å². The predicted octanol–water partition coefficient (Wildman–Crippen LogP) is 1.77. The van der Waals surface area contributed by atoms with Crippen molar-refractivity contribution in [3.8, 4) is 10.8 Å². The third-order valence-corrected chi connectivity index (χ3v) is 7.29. The molecule has 5 rings (SSSR count). The summed E-state index contributed by atoms with van der Waals surface area (Å²) in [5, 5.41) is 5.69. The first-order chi connectivity index (χ1) is 14.9. The molecule has 9 nitrogen and oxygen atoms in total. The molecule has 10 heteroatoms. The second kappa shape index (κ2) is 7.76. The fourth-order valence-electron chi connectivity index (χ4n) is 4.31. The second-order valence-corrected chi connectivity index (χ2v) is 9.43. The molecule has 1 saturated carbocycles. The summed E-state index contributed by atoms with van der Waals surface area (Å²) in [5.41, 5.74) is 0.132. The van der Waals surface area contributed by atoms with Crippen molar-refractivity contribution in [3.63, 3.8) is 0 Å². The molecule has 2 saturated heterocycles. The van der Waals surface area contributed by atoms with Crippen molar-refractivity contribution in [2.45, 2.75) is 31.8 Å². The zero-order chi connectivity index (χ0) is 21.6. The molecule has 0 spiro atoms. The Hall–Kier alpha value is -2.72. The number of urea groups is 1. The van der Waals surface area contributed by atoms with Crippen molar-refractivity contribution in [1.29, 1.82) is 0 Å². The monoisotopic (exact) mass is 443 g/mol. The molecule has 1 N–H and O–H groups in total. The van der Waals surface area contributed by atoms with Crippen LogP contribution in [0.1, 0.15) is 25.5 Å². The van der Waals surface area contributed by atoms with Gasteiger partial charge in [0.2, 0.25) is 5.91 Å². The highest BCUT2D eigenvalue weighted by molar-refractivity contribution is 7.13. The van der Waals surface area contributed by atoms with Gasteiger partial charge in [0.25, 0.3) is 5.91 Å². The zero-order valence-corrected chi connectivity index (χ0v) is 18.2. The third-order valence-electron chi connectivity index (χ3n) is 6.38. The molecule has 1 atom stereocenters. The minimum absolute atomic E-state index is 0.183. The number of aromatic nitrogens is 1. The van der Waals surface area contributed by atoms with Gasteiger partial charge in [0, 0.05) is 38.1 Å². The summed E-state index contributed by atoms with van der Waals surface area (Å²) in [6.07, 6.45) is 3.51. The molecule has 2 aliphatic heterocycles. The number of rotatable bonds is 6. The molecular formula is C21H25N5O4S. The van der Waals surface area contributed by atoms with Gasteiger partial charge in [-0.05, 0) is 37.8 Å². The molecule has 0 bridgehead atoms. The van der Waals surface area contributed by atoms with E-state index < -0.39 is 11.6 Å². The zero-order valence-electron chi connectivity index (χ0n) is 17.4. The lowest BCUT2D eigenvalue weighted by Gasteiger charge is -2.35. The number of nitrogens with zero attached hydrogens (tertiary/aromatic N) is 4.